The maximum Gasteiger partial charge on any atom is 0.472 e. The molecular weight excluding hydrogens is 1190 g/mol. The molecule has 3 N–H and O–H groups in total. The average Bonchev–Trinajstić information content (AvgIpc) is 3.16. The summed E-state index contributed by atoms with van der Waals surface area (Å²) in [5.41, 5.74) is 5.41. The van der Waals surface area contributed by atoms with E-state index in [0.29, 0.717) is 6.42 Å². The largest absolute Gasteiger partial charge is 0.472 e. The number of phosphoric ester groups is 1. The Balaban J connectivity index is 3.92. The zero-order valence-electron chi connectivity index (χ0n) is 60.6. The van der Waals surface area contributed by atoms with Gasteiger partial charge in [0.1, 0.15) is 6.61 Å². The molecule has 2 atom stereocenters. The average molecular weight is 1340 g/mol. The number of phosphoric acid groups is 1. The zero-order valence-corrected chi connectivity index (χ0v) is 61.5. The van der Waals surface area contributed by atoms with Crippen LogP contribution in [0.25, 0.3) is 0 Å². The van der Waals surface area contributed by atoms with Gasteiger partial charge in [-0.05, 0) is 135 Å². The third-order valence-electron chi connectivity index (χ3n) is 15.8. The molecule has 0 saturated carbocycles. The fourth-order valence-electron chi connectivity index (χ4n) is 10.2. The van der Waals surface area contributed by atoms with Crippen molar-refractivity contribution in [2.45, 2.75) is 315 Å². The molecule has 0 fully saturated rings. The van der Waals surface area contributed by atoms with Crippen LogP contribution >= 0.6 is 7.82 Å². The zero-order chi connectivity index (χ0) is 68.6. The molecule has 0 aromatic carbocycles. The fourth-order valence-corrected chi connectivity index (χ4v) is 11.0. The molecule has 9 nitrogen and oxygen atoms in total. The van der Waals surface area contributed by atoms with Crippen molar-refractivity contribution in [3.63, 3.8) is 0 Å². The van der Waals surface area contributed by atoms with Crippen molar-refractivity contribution in [2.75, 3.05) is 26.4 Å². The summed E-state index contributed by atoms with van der Waals surface area (Å²) in [6, 6.07) is 0. The molecule has 95 heavy (non-hydrogen) atoms. The molecule has 0 aliphatic carbocycles. The third-order valence-corrected chi connectivity index (χ3v) is 16.8. The molecule has 0 heterocycles. The van der Waals surface area contributed by atoms with E-state index in [1.807, 2.05) is 0 Å². The second-order valence-corrected chi connectivity index (χ2v) is 26.2. The maximum absolute atomic E-state index is 12.8. The molecular formula is C85H140NO8P. The number of ether oxygens (including phenoxy) is 2. The Hall–Kier alpha value is -4.89. The van der Waals surface area contributed by atoms with Gasteiger partial charge in [0.2, 0.25) is 0 Å². The number of carbonyl (C=O) groups is 2. The molecule has 0 bridgehead atoms. The summed E-state index contributed by atoms with van der Waals surface area (Å²) in [5.74, 6) is -0.839. The number of hydrogen-bond donors (Lipinski definition) is 2. The number of allylic oxidation sites excluding steroid dienone is 30. The first kappa shape index (κ1) is 90.1. The predicted octanol–water partition coefficient (Wildman–Crippen LogP) is 25.9. The van der Waals surface area contributed by atoms with E-state index in [9.17, 15) is 19.0 Å². The van der Waals surface area contributed by atoms with Crippen LogP contribution in [0.3, 0.4) is 0 Å². The van der Waals surface area contributed by atoms with Crippen LogP contribution in [-0.4, -0.2) is 49.3 Å². The Morgan fingerprint density at radius 3 is 0.811 bits per heavy atom. The van der Waals surface area contributed by atoms with E-state index < -0.39 is 26.5 Å². The number of carbonyl (C=O) groups excluding carboxylic acids is 2. The van der Waals surface area contributed by atoms with Gasteiger partial charge in [0.15, 0.2) is 6.10 Å². The normalized spacial score (nSPS) is 13.9. The second-order valence-electron chi connectivity index (χ2n) is 24.8. The highest BCUT2D eigenvalue weighted by Crippen LogP contribution is 2.43. The van der Waals surface area contributed by atoms with E-state index in [0.717, 1.165) is 141 Å². The monoisotopic (exact) mass is 1330 g/mol. The van der Waals surface area contributed by atoms with E-state index in [-0.39, 0.29) is 38.6 Å². The van der Waals surface area contributed by atoms with Crippen LogP contribution in [0.2, 0.25) is 0 Å². The molecule has 0 radical (unpaired) electrons. The summed E-state index contributed by atoms with van der Waals surface area (Å²) in [5, 5.41) is 0. The van der Waals surface area contributed by atoms with Gasteiger partial charge >= 0.3 is 19.8 Å². The van der Waals surface area contributed by atoms with Crippen molar-refractivity contribution in [1.82, 2.24) is 0 Å². The minimum Gasteiger partial charge on any atom is -0.462 e. The topological polar surface area (TPSA) is 134 Å². The van der Waals surface area contributed by atoms with Crippen LogP contribution in [0.4, 0.5) is 0 Å². The standard InChI is InChI=1S/C85H140NO8P/c1-3-5-7-9-11-13-15-17-19-21-23-25-27-29-31-33-35-37-39-40-41-42-44-46-48-50-52-54-56-58-60-62-64-66-68-70-72-74-76-78-85(88)94-83(82-93-95(89,90)92-80-79-86)81-91-84(87)77-75-73-71-69-67-65-63-61-59-57-55-53-51-49-47-45-43-38-36-34-32-30-28-26-24-22-20-18-16-14-12-10-8-6-4-2/h5-8,11-14,17-20,23-26,29-32,35,37,40-41,44,46,50,52,56,58,83H,3-4,9-10,15-16,21-22,27-28,33-34,36,38-39,42-43,45,47-49,51,53-55,57,59-82,86H2,1-2H3,(H,89,90)/b7-5-,8-6-,13-11-,14-12-,19-17-,20-18-,25-23-,26-24-,31-29-,32-30-,37-35-,41-40-,46-44-,52-50-,58-56-. The van der Waals surface area contributed by atoms with E-state index in [2.05, 4.69) is 196 Å². The van der Waals surface area contributed by atoms with Gasteiger partial charge in [-0.2, -0.15) is 0 Å². The highest BCUT2D eigenvalue weighted by Gasteiger charge is 2.26. The number of nitrogens with two attached hydrogens (primary N) is 1. The van der Waals surface area contributed by atoms with E-state index in [4.69, 9.17) is 24.3 Å². The molecule has 0 aromatic heterocycles. The van der Waals surface area contributed by atoms with Gasteiger partial charge in [-0.1, -0.05) is 344 Å². The number of rotatable bonds is 70. The maximum atomic E-state index is 12.8. The third kappa shape index (κ3) is 78.0. The van der Waals surface area contributed by atoms with Crippen LogP contribution in [0, 0.1) is 0 Å². The van der Waals surface area contributed by atoms with Crippen molar-refractivity contribution in [2.24, 2.45) is 5.73 Å². The van der Waals surface area contributed by atoms with Crippen LogP contribution in [0.5, 0.6) is 0 Å². The molecule has 2 unspecified atom stereocenters. The lowest BCUT2D eigenvalue weighted by molar-refractivity contribution is -0.161. The van der Waals surface area contributed by atoms with Gasteiger partial charge in [-0.25, -0.2) is 4.57 Å². The summed E-state index contributed by atoms with van der Waals surface area (Å²) in [7, 11) is -4.41. The number of unbranched alkanes of at least 4 members (excludes halogenated alkanes) is 27. The molecule has 0 saturated heterocycles. The summed E-state index contributed by atoms with van der Waals surface area (Å²) in [6.07, 6.45) is 117. The Morgan fingerprint density at radius 1 is 0.316 bits per heavy atom. The molecule has 0 spiro atoms. The van der Waals surface area contributed by atoms with E-state index in [1.165, 1.54) is 135 Å². The molecule has 0 aromatic rings. The summed E-state index contributed by atoms with van der Waals surface area (Å²) in [6.45, 7) is 3.52. The minimum atomic E-state index is -4.41. The summed E-state index contributed by atoms with van der Waals surface area (Å²) >= 11 is 0. The Labute approximate surface area is 584 Å². The Kier molecular flexibility index (Phi) is 74.1. The van der Waals surface area contributed by atoms with Crippen LogP contribution in [0.15, 0.2) is 182 Å². The lowest BCUT2D eigenvalue weighted by atomic mass is 10.0. The Morgan fingerprint density at radius 2 is 0.547 bits per heavy atom. The Bertz CT molecular complexity index is 2220. The first-order chi connectivity index (χ1) is 46.8. The van der Waals surface area contributed by atoms with Crippen molar-refractivity contribution >= 4 is 19.8 Å². The van der Waals surface area contributed by atoms with Crippen molar-refractivity contribution in [3.05, 3.63) is 182 Å². The fraction of sp³-hybridized carbons (Fsp3) is 0.624. The second kappa shape index (κ2) is 78.1. The predicted molar refractivity (Wildman–Crippen MR) is 412 cm³/mol. The molecule has 0 aliphatic heterocycles. The smallest absolute Gasteiger partial charge is 0.462 e. The van der Waals surface area contributed by atoms with Crippen molar-refractivity contribution in [1.29, 1.82) is 0 Å². The lowest BCUT2D eigenvalue weighted by Gasteiger charge is -2.19. The quantitative estimate of drug-likeness (QED) is 0.0264. The lowest BCUT2D eigenvalue weighted by Crippen LogP contribution is -2.29. The first-order valence-corrected chi connectivity index (χ1v) is 39.8. The highest BCUT2D eigenvalue weighted by atomic mass is 31.2. The van der Waals surface area contributed by atoms with E-state index >= 15 is 0 Å². The van der Waals surface area contributed by atoms with Gasteiger partial charge < -0.3 is 20.1 Å². The van der Waals surface area contributed by atoms with Crippen LogP contribution in [0.1, 0.15) is 309 Å². The minimum absolute atomic E-state index is 0.0448. The number of esters is 2. The van der Waals surface area contributed by atoms with Crippen molar-refractivity contribution in [3.8, 4) is 0 Å². The molecule has 538 valence electrons. The number of hydrogen-bond acceptors (Lipinski definition) is 8. The highest BCUT2D eigenvalue weighted by molar-refractivity contribution is 7.47. The van der Waals surface area contributed by atoms with Gasteiger partial charge in [0, 0.05) is 19.4 Å². The van der Waals surface area contributed by atoms with Gasteiger partial charge in [-0.3, -0.25) is 18.6 Å². The van der Waals surface area contributed by atoms with Crippen LogP contribution < -0.4 is 5.73 Å². The molecule has 0 amide bonds. The molecule has 0 aliphatic rings. The molecule has 0 rings (SSSR count). The van der Waals surface area contributed by atoms with E-state index in [1.54, 1.807) is 0 Å². The molecule has 10 heteroatoms. The summed E-state index contributed by atoms with van der Waals surface area (Å²) < 4.78 is 33.2. The van der Waals surface area contributed by atoms with Crippen LogP contribution in [-0.2, 0) is 32.7 Å². The van der Waals surface area contributed by atoms with Crippen molar-refractivity contribution < 1.29 is 37.6 Å². The SMILES string of the molecule is CC/C=C\C/C=C\C/C=C\C/C=C\C/C=C\C/C=C\C/C=C\C/C=C\C/C=C\C/C=C\CCCCCCCCCCC(=O)OC(COC(=O)CCCCCCCCCCCCCCCCCCCCC/C=C\C/C=C\C/C=C\C/C=C\C/C=C\CC)COP(=O)(O)OCCN. The first-order valence-electron chi connectivity index (χ1n) is 38.3. The van der Waals surface area contributed by atoms with Gasteiger partial charge in [0.25, 0.3) is 0 Å². The summed E-state index contributed by atoms with van der Waals surface area (Å²) in [4.78, 5) is 35.4. The van der Waals surface area contributed by atoms with Gasteiger partial charge in [0.05, 0.1) is 13.2 Å². The van der Waals surface area contributed by atoms with Gasteiger partial charge in [-0.15, -0.1) is 0 Å².